The number of hydrogen-bond acceptors (Lipinski definition) is 7. The first-order chi connectivity index (χ1) is 15.2. The summed E-state index contributed by atoms with van der Waals surface area (Å²) in [5.41, 5.74) is 2.36. The molecule has 0 unspecified atom stereocenters. The number of rotatable bonds is 8. The van der Waals surface area contributed by atoms with Crippen LogP contribution in [0.15, 0.2) is 82.7 Å². The Morgan fingerprint density at radius 1 is 1.10 bits per heavy atom. The summed E-state index contributed by atoms with van der Waals surface area (Å²) in [6.07, 6.45) is 3.46. The molecule has 4 rings (SSSR count). The number of aromatic nitrogens is 3. The fourth-order valence-corrected chi connectivity index (χ4v) is 3.30. The van der Waals surface area contributed by atoms with E-state index in [4.69, 9.17) is 20.8 Å². The Kier molecular flexibility index (Phi) is 6.81. The highest BCUT2D eigenvalue weighted by molar-refractivity contribution is 7.99. The Hall–Kier alpha value is -3.36. The minimum Gasteiger partial charge on any atom is -0.489 e. The number of anilines is 1. The molecule has 2 heterocycles. The highest BCUT2D eigenvalue weighted by Crippen LogP contribution is 2.25. The zero-order valence-electron chi connectivity index (χ0n) is 16.2. The summed E-state index contributed by atoms with van der Waals surface area (Å²) in [6.45, 7) is 0.397. The first-order valence-corrected chi connectivity index (χ1v) is 10.7. The second-order valence-electron chi connectivity index (χ2n) is 6.39. The van der Waals surface area contributed by atoms with Gasteiger partial charge in [0.1, 0.15) is 12.4 Å². The first-order valence-electron chi connectivity index (χ1n) is 9.29. The van der Waals surface area contributed by atoms with Crippen LogP contribution in [0.3, 0.4) is 0 Å². The molecular weight excluding hydrogens is 436 g/mol. The summed E-state index contributed by atoms with van der Waals surface area (Å²) >= 11 is 7.05. The van der Waals surface area contributed by atoms with Crippen LogP contribution in [0.5, 0.6) is 5.75 Å². The number of benzene rings is 2. The number of carbonyl (C=O) groups excluding carboxylic acids is 1. The van der Waals surface area contributed by atoms with Crippen molar-refractivity contribution in [2.45, 2.75) is 11.8 Å². The van der Waals surface area contributed by atoms with Gasteiger partial charge in [-0.2, -0.15) is 0 Å². The van der Waals surface area contributed by atoms with Gasteiger partial charge in [-0.1, -0.05) is 35.5 Å². The zero-order valence-corrected chi connectivity index (χ0v) is 17.8. The summed E-state index contributed by atoms with van der Waals surface area (Å²) < 4.78 is 11.4. The average molecular weight is 453 g/mol. The number of nitrogens with one attached hydrogen (secondary N) is 1. The lowest BCUT2D eigenvalue weighted by atomic mass is 10.2. The molecule has 31 heavy (non-hydrogen) atoms. The largest absolute Gasteiger partial charge is 0.489 e. The maximum Gasteiger partial charge on any atom is 0.277 e. The van der Waals surface area contributed by atoms with Crippen molar-refractivity contribution in [3.8, 4) is 17.2 Å². The first kappa shape index (κ1) is 20.9. The number of carbonyl (C=O) groups is 1. The Bertz CT molecular complexity index is 1150. The summed E-state index contributed by atoms with van der Waals surface area (Å²) in [5, 5.41) is 11.7. The topological polar surface area (TPSA) is 90.1 Å². The van der Waals surface area contributed by atoms with Crippen molar-refractivity contribution >= 4 is 35.0 Å². The van der Waals surface area contributed by atoms with E-state index in [1.54, 1.807) is 48.8 Å². The van der Waals surface area contributed by atoms with Crippen molar-refractivity contribution in [1.29, 1.82) is 0 Å². The van der Waals surface area contributed by atoms with Gasteiger partial charge in [0, 0.05) is 40.3 Å². The molecule has 9 heteroatoms. The van der Waals surface area contributed by atoms with E-state index in [9.17, 15) is 4.79 Å². The molecule has 0 aliphatic rings. The number of pyridine rings is 1. The van der Waals surface area contributed by atoms with Gasteiger partial charge in [-0.25, -0.2) is 0 Å². The molecule has 0 fully saturated rings. The predicted molar refractivity (Wildman–Crippen MR) is 119 cm³/mol. The Morgan fingerprint density at radius 3 is 2.77 bits per heavy atom. The molecule has 0 atom stereocenters. The Balaban J connectivity index is 1.28. The van der Waals surface area contributed by atoms with Crippen LogP contribution in [0.1, 0.15) is 5.56 Å². The lowest BCUT2D eigenvalue weighted by Gasteiger charge is -2.09. The molecule has 0 aliphatic carbocycles. The molecule has 0 radical (unpaired) electrons. The Labute approximate surface area is 187 Å². The summed E-state index contributed by atoms with van der Waals surface area (Å²) in [6, 6.07) is 18.1. The van der Waals surface area contributed by atoms with Gasteiger partial charge in [0.15, 0.2) is 0 Å². The molecular formula is C22H17ClN4O3S. The van der Waals surface area contributed by atoms with E-state index in [0.29, 0.717) is 34.2 Å². The fraction of sp³-hybridized carbons (Fsp3) is 0.0909. The number of ether oxygens (including phenoxy) is 1. The van der Waals surface area contributed by atoms with Crippen molar-refractivity contribution in [2.75, 3.05) is 11.1 Å². The van der Waals surface area contributed by atoms with Gasteiger partial charge in [0.05, 0.1) is 5.75 Å². The van der Waals surface area contributed by atoms with Crippen LogP contribution in [0.2, 0.25) is 5.02 Å². The van der Waals surface area contributed by atoms with Gasteiger partial charge in [0.2, 0.25) is 11.8 Å². The van der Waals surface area contributed by atoms with Crippen LogP contribution in [-0.4, -0.2) is 26.8 Å². The quantitative estimate of drug-likeness (QED) is 0.372. The minimum atomic E-state index is -0.194. The second kappa shape index (κ2) is 10.1. The van der Waals surface area contributed by atoms with Crippen LogP contribution in [0, 0.1) is 0 Å². The molecule has 0 saturated heterocycles. The zero-order chi connectivity index (χ0) is 21.5. The predicted octanol–water partition coefficient (Wildman–Crippen LogP) is 5.09. The lowest BCUT2D eigenvalue weighted by molar-refractivity contribution is -0.113. The molecule has 7 nitrogen and oxygen atoms in total. The number of nitrogens with zero attached hydrogens (tertiary/aromatic N) is 3. The van der Waals surface area contributed by atoms with Crippen molar-refractivity contribution in [3.05, 3.63) is 83.6 Å². The molecule has 4 aromatic rings. The molecule has 2 aromatic heterocycles. The number of halogens is 1. The van der Waals surface area contributed by atoms with Crippen LogP contribution in [0.25, 0.3) is 11.5 Å². The number of amides is 1. The second-order valence-corrected chi connectivity index (χ2v) is 7.76. The normalized spacial score (nSPS) is 10.6. The fourth-order valence-electron chi connectivity index (χ4n) is 2.62. The van der Waals surface area contributed by atoms with Gasteiger partial charge in [-0.15, -0.1) is 10.2 Å². The summed E-state index contributed by atoms with van der Waals surface area (Å²) in [7, 11) is 0. The monoisotopic (exact) mass is 452 g/mol. The van der Waals surface area contributed by atoms with Gasteiger partial charge in [-0.3, -0.25) is 9.78 Å². The van der Waals surface area contributed by atoms with E-state index in [1.165, 1.54) is 0 Å². The maximum atomic E-state index is 12.3. The number of thioether (sulfide) groups is 1. The highest BCUT2D eigenvalue weighted by Gasteiger charge is 2.12. The Morgan fingerprint density at radius 2 is 1.97 bits per heavy atom. The van der Waals surface area contributed by atoms with Crippen LogP contribution in [-0.2, 0) is 11.4 Å². The number of hydrogen-bond donors (Lipinski definition) is 1. The SMILES string of the molecule is O=C(CSc1nnc(-c2ccc(Cl)cc2)o1)Nc1cccc(OCc2cccnc2)c1. The van der Waals surface area contributed by atoms with Gasteiger partial charge in [-0.05, 0) is 42.5 Å². The lowest BCUT2D eigenvalue weighted by Crippen LogP contribution is -2.14. The minimum absolute atomic E-state index is 0.128. The molecule has 2 aromatic carbocycles. The van der Waals surface area contributed by atoms with E-state index >= 15 is 0 Å². The summed E-state index contributed by atoms with van der Waals surface area (Å²) in [5.74, 6) is 0.959. The third-order valence-electron chi connectivity index (χ3n) is 4.07. The molecule has 0 spiro atoms. The van der Waals surface area contributed by atoms with Gasteiger partial charge >= 0.3 is 0 Å². The van der Waals surface area contributed by atoms with E-state index in [0.717, 1.165) is 22.9 Å². The van der Waals surface area contributed by atoms with Crippen LogP contribution in [0.4, 0.5) is 5.69 Å². The van der Waals surface area contributed by atoms with Gasteiger partial charge < -0.3 is 14.5 Å². The highest BCUT2D eigenvalue weighted by atomic mass is 35.5. The molecule has 1 amide bonds. The molecule has 0 aliphatic heterocycles. The molecule has 0 saturated carbocycles. The summed E-state index contributed by atoms with van der Waals surface area (Å²) in [4.78, 5) is 16.4. The van der Waals surface area contributed by atoms with E-state index in [-0.39, 0.29) is 11.7 Å². The van der Waals surface area contributed by atoms with Crippen molar-refractivity contribution in [1.82, 2.24) is 15.2 Å². The van der Waals surface area contributed by atoms with Crippen LogP contribution < -0.4 is 10.1 Å². The third kappa shape index (κ3) is 6.07. The van der Waals surface area contributed by atoms with E-state index in [2.05, 4.69) is 20.5 Å². The standard InChI is InChI=1S/C22H17ClN4O3S/c23-17-8-6-16(7-9-17)21-26-27-22(30-21)31-14-20(28)25-18-4-1-5-19(11-18)29-13-15-3-2-10-24-12-15/h1-12H,13-14H2,(H,25,28). The van der Waals surface area contributed by atoms with E-state index in [1.807, 2.05) is 24.3 Å². The van der Waals surface area contributed by atoms with Gasteiger partial charge in [0.25, 0.3) is 5.22 Å². The molecule has 1 N–H and O–H groups in total. The average Bonchev–Trinajstić information content (AvgIpc) is 3.27. The van der Waals surface area contributed by atoms with Crippen molar-refractivity contribution in [3.63, 3.8) is 0 Å². The van der Waals surface area contributed by atoms with E-state index < -0.39 is 0 Å². The maximum absolute atomic E-state index is 12.3. The van der Waals surface area contributed by atoms with Crippen molar-refractivity contribution < 1.29 is 13.9 Å². The third-order valence-corrected chi connectivity index (χ3v) is 5.14. The van der Waals surface area contributed by atoms with Crippen LogP contribution >= 0.6 is 23.4 Å². The van der Waals surface area contributed by atoms with Crippen molar-refractivity contribution in [2.24, 2.45) is 0 Å². The molecule has 156 valence electrons. The smallest absolute Gasteiger partial charge is 0.277 e. The molecule has 0 bridgehead atoms.